The van der Waals surface area contributed by atoms with Crippen LogP contribution in [0.4, 0.5) is 5.13 Å². The van der Waals surface area contributed by atoms with Gasteiger partial charge in [-0.05, 0) is 36.8 Å². The zero-order valence-corrected chi connectivity index (χ0v) is 17.1. The fraction of sp³-hybridized carbons (Fsp3) is 0.150. The average Bonchev–Trinajstić information content (AvgIpc) is 3.03. The van der Waals surface area contributed by atoms with Crippen molar-refractivity contribution in [2.45, 2.75) is 13.3 Å². The standard InChI is InChI=1S/C20H18BrN3O2S/c1-13-18(14-5-3-2-4-6-14)27-20(23-13)24-17(25)11-12-22-19(26)15-7-9-16(21)10-8-15/h2-10H,11-12H2,1H3,(H,22,26)(H,23,24,25). The van der Waals surface area contributed by atoms with Gasteiger partial charge in [0.1, 0.15) is 0 Å². The summed E-state index contributed by atoms with van der Waals surface area (Å²) >= 11 is 4.77. The van der Waals surface area contributed by atoms with Gasteiger partial charge in [0, 0.05) is 23.0 Å². The van der Waals surface area contributed by atoms with E-state index < -0.39 is 0 Å². The van der Waals surface area contributed by atoms with Gasteiger partial charge in [-0.1, -0.05) is 57.6 Å². The Kier molecular flexibility index (Phi) is 6.36. The van der Waals surface area contributed by atoms with Crippen molar-refractivity contribution in [1.29, 1.82) is 0 Å². The lowest BCUT2D eigenvalue weighted by Gasteiger charge is -2.05. The highest BCUT2D eigenvalue weighted by atomic mass is 79.9. The van der Waals surface area contributed by atoms with Gasteiger partial charge in [0.2, 0.25) is 5.91 Å². The molecule has 0 spiro atoms. The Morgan fingerprint density at radius 1 is 1.07 bits per heavy atom. The molecule has 3 aromatic rings. The number of nitrogens with zero attached hydrogens (tertiary/aromatic N) is 1. The van der Waals surface area contributed by atoms with Crippen LogP contribution in [0.3, 0.4) is 0 Å². The molecule has 3 rings (SSSR count). The van der Waals surface area contributed by atoms with Crippen molar-refractivity contribution in [2.75, 3.05) is 11.9 Å². The maximum Gasteiger partial charge on any atom is 0.251 e. The summed E-state index contributed by atoms with van der Waals surface area (Å²) in [6.45, 7) is 2.18. The minimum Gasteiger partial charge on any atom is -0.352 e. The first-order valence-electron chi connectivity index (χ1n) is 8.39. The topological polar surface area (TPSA) is 71.1 Å². The molecule has 0 aliphatic carbocycles. The lowest BCUT2D eigenvalue weighted by molar-refractivity contribution is -0.116. The van der Waals surface area contributed by atoms with Gasteiger partial charge in [-0.15, -0.1) is 0 Å². The highest BCUT2D eigenvalue weighted by Gasteiger charge is 2.12. The fourth-order valence-corrected chi connectivity index (χ4v) is 3.73. The van der Waals surface area contributed by atoms with Gasteiger partial charge in [-0.25, -0.2) is 4.98 Å². The molecular weight excluding hydrogens is 426 g/mol. The molecular formula is C20H18BrN3O2S. The summed E-state index contributed by atoms with van der Waals surface area (Å²) in [6.07, 6.45) is 0.182. The molecule has 0 radical (unpaired) electrons. The predicted octanol–water partition coefficient (Wildman–Crippen LogP) is 4.64. The largest absolute Gasteiger partial charge is 0.352 e. The summed E-state index contributed by atoms with van der Waals surface area (Å²) in [5.41, 5.74) is 2.52. The van der Waals surface area contributed by atoms with Gasteiger partial charge in [-0.3, -0.25) is 9.59 Å². The lowest BCUT2D eigenvalue weighted by Crippen LogP contribution is -2.27. The number of thiazole rings is 1. The van der Waals surface area contributed by atoms with Crippen molar-refractivity contribution in [3.05, 3.63) is 70.3 Å². The van der Waals surface area contributed by atoms with E-state index in [0.29, 0.717) is 10.7 Å². The Morgan fingerprint density at radius 2 is 1.78 bits per heavy atom. The van der Waals surface area contributed by atoms with Gasteiger partial charge >= 0.3 is 0 Å². The molecule has 0 aliphatic rings. The minimum atomic E-state index is -0.202. The van der Waals surface area contributed by atoms with Crippen LogP contribution >= 0.6 is 27.3 Å². The first-order valence-corrected chi connectivity index (χ1v) is 10.0. The normalized spacial score (nSPS) is 10.4. The van der Waals surface area contributed by atoms with Gasteiger partial charge in [-0.2, -0.15) is 0 Å². The van der Waals surface area contributed by atoms with Crippen LogP contribution in [-0.2, 0) is 4.79 Å². The third-order valence-corrected chi connectivity index (χ3v) is 5.47. The van der Waals surface area contributed by atoms with Gasteiger partial charge in [0.05, 0.1) is 10.6 Å². The molecule has 27 heavy (non-hydrogen) atoms. The summed E-state index contributed by atoms with van der Waals surface area (Å²) in [5.74, 6) is -0.383. The number of aryl methyl sites for hydroxylation is 1. The molecule has 2 N–H and O–H groups in total. The van der Waals surface area contributed by atoms with Crippen molar-refractivity contribution >= 4 is 44.2 Å². The molecule has 7 heteroatoms. The van der Waals surface area contributed by atoms with Gasteiger partial charge in [0.25, 0.3) is 5.91 Å². The van der Waals surface area contributed by atoms with Crippen LogP contribution in [0.1, 0.15) is 22.5 Å². The van der Waals surface area contributed by atoms with Crippen LogP contribution in [-0.4, -0.2) is 23.3 Å². The third-order valence-electron chi connectivity index (χ3n) is 3.82. The number of benzene rings is 2. The Hall–Kier alpha value is -2.51. The molecule has 0 fully saturated rings. The maximum absolute atomic E-state index is 12.1. The molecule has 5 nitrogen and oxygen atoms in total. The van der Waals surface area contributed by atoms with E-state index in [9.17, 15) is 9.59 Å². The van der Waals surface area contributed by atoms with Crippen molar-refractivity contribution < 1.29 is 9.59 Å². The molecule has 2 amide bonds. The minimum absolute atomic E-state index is 0.181. The molecule has 0 bridgehead atoms. The first kappa shape index (κ1) is 19.3. The molecule has 2 aromatic carbocycles. The Bertz CT molecular complexity index is 940. The van der Waals surface area contributed by atoms with E-state index in [0.717, 1.165) is 20.6 Å². The van der Waals surface area contributed by atoms with E-state index in [1.165, 1.54) is 11.3 Å². The summed E-state index contributed by atoms with van der Waals surface area (Å²) in [6, 6.07) is 17.0. The summed E-state index contributed by atoms with van der Waals surface area (Å²) in [7, 11) is 0. The summed E-state index contributed by atoms with van der Waals surface area (Å²) in [4.78, 5) is 29.6. The SMILES string of the molecule is Cc1nc(NC(=O)CCNC(=O)c2ccc(Br)cc2)sc1-c1ccccc1. The maximum atomic E-state index is 12.1. The van der Waals surface area contributed by atoms with E-state index in [4.69, 9.17) is 0 Å². The zero-order valence-electron chi connectivity index (χ0n) is 14.7. The van der Waals surface area contributed by atoms with Crippen LogP contribution in [0.5, 0.6) is 0 Å². The van der Waals surface area contributed by atoms with Crippen LogP contribution in [0.2, 0.25) is 0 Å². The number of hydrogen-bond donors (Lipinski definition) is 2. The third kappa shape index (κ3) is 5.24. The number of aromatic nitrogens is 1. The first-order chi connectivity index (χ1) is 13.0. The van der Waals surface area contributed by atoms with Crippen molar-refractivity contribution in [2.24, 2.45) is 0 Å². The number of rotatable bonds is 6. The monoisotopic (exact) mass is 443 g/mol. The van der Waals surface area contributed by atoms with Crippen molar-refractivity contribution in [1.82, 2.24) is 10.3 Å². The molecule has 0 atom stereocenters. The molecule has 0 unspecified atom stereocenters. The van der Waals surface area contributed by atoms with Crippen LogP contribution in [0, 0.1) is 6.92 Å². The number of halogens is 1. The summed E-state index contributed by atoms with van der Waals surface area (Å²) < 4.78 is 0.909. The molecule has 0 aliphatic heterocycles. The molecule has 1 heterocycles. The molecule has 138 valence electrons. The second kappa shape index (κ2) is 8.92. The average molecular weight is 444 g/mol. The highest BCUT2D eigenvalue weighted by molar-refractivity contribution is 9.10. The van der Waals surface area contributed by atoms with Gasteiger partial charge in [0.15, 0.2) is 5.13 Å². The van der Waals surface area contributed by atoms with Crippen molar-refractivity contribution in [3.63, 3.8) is 0 Å². The second-order valence-corrected chi connectivity index (χ2v) is 7.78. The fourth-order valence-electron chi connectivity index (χ4n) is 2.48. The smallest absolute Gasteiger partial charge is 0.251 e. The number of nitrogens with one attached hydrogen (secondary N) is 2. The van der Waals surface area contributed by atoms with Crippen LogP contribution in [0.15, 0.2) is 59.1 Å². The van der Waals surface area contributed by atoms with E-state index in [-0.39, 0.29) is 24.8 Å². The van der Waals surface area contributed by atoms with E-state index in [2.05, 4.69) is 31.5 Å². The number of amides is 2. The number of carbonyl (C=O) groups is 2. The zero-order chi connectivity index (χ0) is 19.2. The molecule has 0 saturated heterocycles. The quantitative estimate of drug-likeness (QED) is 0.582. The Balaban J connectivity index is 1.51. The number of anilines is 1. The molecule has 1 aromatic heterocycles. The summed E-state index contributed by atoms with van der Waals surface area (Å²) in [5, 5.41) is 6.12. The van der Waals surface area contributed by atoms with Crippen molar-refractivity contribution in [3.8, 4) is 10.4 Å². The lowest BCUT2D eigenvalue weighted by atomic mass is 10.2. The number of hydrogen-bond acceptors (Lipinski definition) is 4. The highest BCUT2D eigenvalue weighted by Crippen LogP contribution is 2.32. The van der Waals surface area contributed by atoms with E-state index in [1.807, 2.05) is 37.3 Å². The Morgan fingerprint density at radius 3 is 2.48 bits per heavy atom. The number of carbonyl (C=O) groups excluding carboxylic acids is 2. The second-order valence-electron chi connectivity index (χ2n) is 5.86. The van der Waals surface area contributed by atoms with Crippen LogP contribution < -0.4 is 10.6 Å². The molecule has 0 saturated carbocycles. The van der Waals surface area contributed by atoms with Crippen LogP contribution in [0.25, 0.3) is 10.4 Å². The van der Waals surface area contributed by atoms with E-state index in [1.54, 1.807) is 24.3 Å². The van der Waals surface area contributed by atoms with Gasteiger partial charge < -0.3 is 10.6 Å². The Labute approximate surface area is 170 Å². The van der Waals surface area contributed by atoms with E-state index >= 15 is 0 Å². The predicted molar refractivity (Wildman–Crippen MR) is 112 cm³/mol.